The minimum absolute atomic E-state index is 0.0400. The number of aryl methyl sites for hydroxylation is 1. The van der Waals surface area contributed by atoms with E-state index in [4.69, 9.17) is 25.8 Å². The minimum atomic E-state index is -1.00. The quantitative estimate of drug-likeness (QED) is 0.0656. The number of hydrogen-bond donors (Lipinski definition) is 4. The second-order valence-corrected chi connectivity index (χ2v) is 21.8. The number of nitriles is 1. The van der Waals surface area contributed by atoms with Crippen molar-refractivity contribution in [1.82, 2.24) is 30.8 Å². The molecule has 2 aliphatic rings. The molecule has 17 heteroatoms. The average molecular weight is 1000 g/mol. The number of aliphatic hydroxyl groups excluding tert-OH is 1. The van der Waals surface area contributed by atoms with Gasteiger partial charge in [-0.2, -0.15) is 5.26 Å². The number of benzene rings is 3. The second-order valence-electron chi connectivity index (χ2n) is 20.5. The van der Waals surface area contributed by atoms with Gasteiger partial charge < -0.3 is 40.2 Å². The Morgan fingerprint density at radius 1 is 0.930 bits per heavy atom. The molecular weight excluding hydrogens is 942 g/mol. The summed E-state index contributed by atoms with van der Waals surface area (Å²) in [6.07, 6.45) is 0.618. The molecule has 1 saturated carbocycles. The van der Waals surface area contributed by atoms with Gasteiger partial charge in [-0.25, -0.2) is 9.97 Å². The van der Waals surface area contributed by atoms with Crippen LogP contribution in [0, 0.1) is 34.5 Å². The number of aliphatic hydroxyl groups is 1. The lowest BCUT2D eigenvalue weighted by atomic mass is 9.49. The Hall–Kier alpha value is -6.38. The summed E-state index contributed by atoms with van der Waals surface area (Å²) >= 11 is 7.81. The van der Waals surface area contributed by atoms with Crippen molar-refractivity contribution in [2.24, 2.45) is 16.2 Å². The van der Waals surface area contributed by atoms with Gasteiger partial charge >= 0.3 is 0 Å². The predicted octanol–water partition coefficient (Wildman–Crippen LogP) is 8.08. The third-order valence-electron chi connectivity index (χ3n) is 13.4. The van der Waals surface area contributed by atoms with Gasteiger partial charge in [-0.1, -0.05) is 96.5 Å². The summed E-state index contributed by atoms with van der Waals surface area (Å²) in [7, 11) is 0. The molecule has 5 aromatic rings. The van der Waals surface area contributed by atoms with Crippen LogP contribution in [0.2, 0.25) is 5.02 Å². The first kappa shape index (κ1) is 52.4. The molecule has 0 bridgehead atoms. The van der Waals surface area contributed by atoms with E-state index in [9.17, 15) is 29.5 Å². The van der Waals surface area contributed by atoms with Gasteiger partial charge in [0.2, 0.25) is 23.6 Å². The maximum atomic E-state index is 14.1. The van der Waals surface area contributed by atoms with Crippen molar-refractivity contribution in [1.29, 1.82) is 5.26 Å². The molecule has 7 rings (SSSR count). The number of aromatic nitrogens is 2. The number of halogens is 1. The van der Waals surface area contributed by atoms with E-state index in [1.54, 1.807) is 53.9 Å². The molecule has 0 spiro atoms. The van der Waals surface area contributed by atoms with Gasteiger partial charge in [0, 0.05) is 59.3 Å². The number of likely N-dealkylation sites (tertiary alicyclic amines) is 1. The fourth-order valence-electron chi connectivity index (χ4n) is 9.85. The molecule has 2 aromatic heterocycles. The first-order valence-electron chi connectivity index (χ1n) is 23.6. The lowest BCUT2D eigenvalue weighted by molar-refractivity contribution is -0.164. The van der Waals surface area contributed by atoms with Crippen molar-refractivity contribution < 1.29 is 38.5 Å². The zero-order chi connectivity index (χ0) is 51.4. The van der Waals surface area contributed by atoms with Crippen molar-refractivity contribution >= 4 is 46.6 Å². The Labute approximate surface area is 424 Å². The molecule has 374 valence electrons. The summed E-state index contributed by atoms with van der Waals surface area (Å²) in [5, 5.41) is 29.2. The van der Waals surface area contributed by atoms with Crippen molar-refractivity contribution in [3.8, 4) is 39.3 Å². The van der Waals surface area contributed by atoms with Crippen LogP contribution < -0.4 is 25.4 Å². The number of pyridine rings is 1. The van der Waals surface area contributed by atoms with Crippen LogP contribution in [0.5, 0.6) is 11.6 Å². The molecule has 0 unspecified atom stereocenters. The lowest BCUT2D eigenvalue weighted by Gasteiger charge is -2.63. The van der Waals surface area contributed by atoms with E-state index in [1.807, 2.05) is 82.6 Å². The van der Waals surface area contributed by atoms with Crippen molar-refractivity contribution in [2.75, 3.05) is 26.4 Å². The fourth-order valence-corrected chi connectivity index (χ4v) is 10.9. The third kappa shape index (κ3) is 11.9. The van der Waals surface area contributed by atoms with E-state index in [-0.39, 0.29) is 62.8 Å². The lowest BCUT2D eigenvalue weighted by Crippen LogP contribution is -2.74. The standard InChI is InChI=1S/C54H62ClN7O8S/c1-31(33-10-14-35(15-11-33)45-32(2)58-30-71-45)59-48(66)42-24-39(63)28-62(42)49(67)46(52(3,4)5)60-43(64)29-68-22-23-69-44-21-19-38(27-57-44)34-12-16-36(17-13-34)47(65)61-50-53(6,7)51(54(50,8)9)70-40-20-18-37(26-56)41(55)25-40/h10-21,25,27,30-31,39,42,46,50-51,63H,22-24,28-29H2,1-9H3,(H,59,66)(H,60,64)(H,61,65)/t31-,39+,42-,46+,50-,51-/m0/s1. The Morgan fingerprint density at radius 2 is 1.61 bits per heavy atom. The van der Waals surface area contributed by atoms with E-state index in [1.165, 1.54) is 4.90 Å². The van der Waals surface area contributed by atoms with Crippen LogP contribution in [0.4, 0.5) is 0 Å². The number of amides is 4. The number of thiazole rings is 1. The van der Waals surface area contributed by atoms with Gasteiger partial charge in [0.15, 0.2) is 0 Å². The monoisotopic (exact) mass is 1000 g/mol. The van der Waals surface area contributed by atoms with Crippen LogP contribution in [0.1, 0.15) is 95.0 Å². The van der Waals surface area contributed by atoms with E-state index in [0.29, 0.717) is 27.8 Å². The second kappa shape index (κ2) is 21.5. The highest BCUT2D eigenvalue weighted by Gasteiger charge is 2.64. The number of β-amino-alcohol motifs (C(OH)–C–C–N with tert-alkyl or cyclic N) is 1. The highest BCUT2D eigenvalue weighted by molar-refractivity contribution is 7.13. The van der Waals surface area contributed by atoms with Crippen LogP contribution in [0.3, 0.4) is 0 Å². The van der Waals surface area contributed by atoms with Gasteiger partial charge in [0.25, 0.3) is 5.91 Å². The molecule has 3 aromatic carbocycles. The van der Waals surface area contributed by atoms with E-state index in [2.05, 4.69) is 59.7 Å². The number of carbonyl (C=O) groups is 4. The maximum Gasteiger partial charge on any atom is 0.251 e. The van der Waals surface area contributed by atoms with Gasteiger partial charge in [-0.3, -0.25) is 19.2 Å². The number of rotatable bonds is 17. The summed E-state index contributed by atoms with van der Waals surface area (Å²) in [6.45, 7) is 17.3. The highest BCUT2D eigenvalue weighted by atomic mass is 35.5. The SMILES string of the molecule is Cc1ncsc1-c1ccc([C@H](C)NC(=O)[C@@H]2C[C@@H](O)CN2C(=O)[C@@H](NC(=O)COCCOc2ccc(-c3ccc(C(=O)N[C@H]4C(C)(C)[C@H](Oc5ccc(C#N)c(Cl)c5)C4(C)C)cc3)cn2)C(C)(C)C)cc1. The van der Waals surface area contributed by atoms with Crippen LogP contribution in [-0.2, 0) is 19.1 Å². The van der Waals surface area contributed by atoms with Gasteiger partial charge in [0.05, 0.1) is 45.4 Å². The molecule has 2 fully saturated rings. The molecule has 4 amide bonds. The maximum absolute atomic E-state index is 14.1. The Kier molecular flexibility index (Phi) is 15.9. The summed E-state index contributed by atoms with van der Waals surface area (Å²) < 4.78 is 17.7. The number of ether oxygens (including phenoxy) is 3. The summed E-state index contributed by atoms with van der Waals surface area (Å²) in [5.74, 6) is -0.650. The molecule has 1 saturated heterocycles. The zero-order valence-electron chi connectivity index (χ0n) is 41.5. The van der Waals surface area contributed by atoms with Crippen LogP contribution in [-0.4, -0.2) is 100 Å². The van der Waals surface area contributed by atoms with Crippen molar-refractivity contribution in [2.45, 2.75) is 105 Å². The first-order valence-corrected chi connectivity index (χ1v) is 24.9. The average Bonchev–Trinajstić information content (AvgIpc) is 3.96. The van der Waals surface area contributed by atoms with E-state index in [0.717, 1.165) is 32.8 Å². The number of nitrogens with zero attached hydrogens (tertiary/aromatic N) is 4. The first-order chi connectivity index (χ1) is 33.6. The highest BCUT2D eigenvalue weighted by Crippen LogP contribution is 2.55. The normalized spacial score (nSPS) is 19.9. The Balaban J connectivity index is 0.847. The Bertz CT molecular complexity index is 2750. The number of hydrogen-bond acceptors (Lipinski definition) is 12. The molecule has 0 radical (unpaired) electrons. The Morgan fingerprint density at radius 3 is 2.21 bits per heavy atom. The summed E-state index contributed by atoms with van der Waals surface area (Å²) in [6, 6.07) is 23.3. The third-order valence-corrected chi connectivity index (χ3v) is 14.7. The number of nitrogens with one attached hydrogen (secondary N) is 3. The van der Waals surface area contributed by atoms with Gasteiger partial charge in [-0.05, 0) is 66.3 Å². The van der Waals surface area contributed by atoms with E-state index < -0.39 is 46.2 Å². The molecule has 3 heterocycles. The topological polar surface area (TPSA) is 205 Å². The zero-order valence-corrected chi connectivity index (χ0v) is 43.1. The molecule has 4 N–H and O–H groups in total. The molecular formula is C54H62ClN7O8S. The van der Waals surface area contributed by atoms with Gasteiger partial charge in [-0.15, -0.1) is 11.3 Å². The van der Waals surface area contributed by atoms with Crippen molar-refractivity contribution in [3.05, 3.63) is 118 Å². The molecule has 1 aliphatic carbocycles. The molecule has 71 heavy (non-hydrogen) atoms. The molecule has 4 atom stereocenters. The largest absolute Gasteiger partial charge is 0.489 e. The minimum Gasteiger partial charge on any atom is -0.489 e. The van der Waals surface area contributed by atoms with Crippen molar-refractivity contribution in [3.63, 3.8) is 0 Å². The molecule has 1 aliphatic heterocycles. The van der Waals surface area contributed by atoms with Crippen LogP contribution >= 0.6 is 22.9 Å². The summed E-state index contributed by atoms with van der Waals surface area (Å²) in [4.78, 5) is 65.6. The summed E-state index contributed by atoms with van der Waals surface area (Å²) in [5.41, 5.74) is 5.71. The molecule has 15 nitrogen and oxygen atoms in total. The van der Waals surface area contributed by atoms with Crippen LogP contribution in [0.15, 0.2) is 90.6 Å². The fraction of sp³-hybridized carbons (Fsp3) is 0.426. The van der Waals surface area contributed by atoms with E-state index >= 15 is 0 Å². The van der Waals surface area contributed by atoms with Crippen LogP contribution in [0.25, 0.3) is 21.6 Å². The van der Waals surface area contributed by atoms with Gasteiger partial charge in [0.1, 0.15) is 43.2 Å². The smallest absolute Gasteiger partial charge is 0.251 e. The predicted molar refractivity (Wildman–Crippen MR) is 272 cm³/mol. The number of carbonyl (C=O) groups excluding carboxylic acids is 4.